The molecule has 0 aliphatic carbocycles. The minimum Gasteiger partial charge on any atom is -0.482 e. The number of rotatable bonds is 4. The first-order valence-electron chi connectivity index (χ1n) is 8.96. The number of anilines is 2. The van der Waals surface area contributed by atoms with E-state index in [0.717, 1.165) is 21.8 Å². The first-order chi connectivity index (χ1) is 13.9. The fraction of sp³-hybridized carbons (Fsp3) is 0.190. The summed E-state index contributed by atoms with van der Waals surface area (Å²) in [6.45, 7) is 3.60. The van der Waals surface area contributed by atoms with Crippen molar-refractivity contribution in [2.24, 2.45) is 0 Å². The number of hydrogen-bond acceptors (Lipinski definition) is 5. The molecule has 1 N–H and O–H groups in total. The molecule has 29 heavy (non-hydrogen) atoms. The van der Waals surface area contributed by atoms with E-state index in [4.69, 9.17) is 16.3 Å². The van der Waals surface area contributed by atoms with Gasteiger partial charge in [0.25, 0.3) is 5.91 Å². The predicted octanol–water partition coefficient (Wildman–Crippen LogP) is 4.44. The van der Waals surface area contributed by atoms with Gasteiger partial charge < -0.3 is 10.1 Å². The van der Waals surface area contributed by atoms with E-state index in [-0.39, 0.29) is 25.0 Å². The first-order valence-corrected chi connectivity index (χ1v) is 10.2. The van der Waals surface area contributed by atoms with E-state index in [0.29, 0.717) is 22.1 Å². The second-order valence-electron chi connectivity index (χ2n) is 6.71. The van der Waals surface area contributed by atoms with Gasteiger partial charge in [-0.05, 0) is 49.7 Å². The molecule has 1 aliphatic rings. The molecule has 1 aromatic heterocycles. The zero-order chi connectivity index (χ0) is 20.5. The Morgan fingerprint density at radius 2 is 2.10 bits per heavy atom. The number of carbonyl (C=O) groups is 2. The van der Waals surface area contributed by atoms with Gasteiger partial charge >= 0.3 is 0 Å². The highest BCUT2D eigenvalue weighted by molar-refractivity contribution is 7.09. The van der Waals surface area contributed by atoms with Crippen molar-refractivity contribution in [1.82, 2.24) is 4.98 Å². The number of halogens is 1. The van der Waals surface area contributed by atoms with Gasteiger partial charge in [0, 0.05) is 21.7 Å². The van der Waals surface area contributed by atoms with Crippen LogP contribution in [-0.4, -0.2) is 29.9 Å². The van der Waals surface area contributed by atoms with Crippen molar-refractivity contribution >= 4 is 46.1 Å². The average molecular weight is 428 g/mol. The van der Waals surface area contributed by atoms with Gasteiger partial charge in [-0.3, -0.25) is 14.5 Å². The smallest absolute Gasteiger partial charge is 0.265 e. The predicted molar refractivity (Wildman–Crippen MR) is 115 cm³/mol. The summed E-state index contributed by atoms with van der Waals surface area (Å²) in [6.07, 6.45) is 0. The lowest BCUT2D eigenvalue weighted by atomic mass is 10.1. The number of ether oxygens (including phenoxy) is 1. The van der Waals surface area contributed by atoms with Gasteiger partial charge in [0.05, 0.1) is 16.4 Å². The Labute approximate surface area is 177 Å². The van der Waals surface area contributed by atoms with Crippen molar-refractivity contribution in [2.75, 3.05) is 23.4 Å². The van der Waals surface area contributed by atoms with Gasteiger partial charge in [-0.25, -0.2) is 4.98 Å². The minimum atomic E-state index is -0.318. The highest BCUT2D eigenvalue weighted by Gasteiger charge is 2.28. The van der Waals surface area contributed by atoms with Gasteiger partial charge in [0.1, 0.15) is 12.3 Å². The topological polar surface area (TPSA) is 71.5 Å². The van der Waals surface area contributed by atoms with Crippen LogP contribution in [0.1, 0.15) is 10.6 Å². The molecule has 148 valence electrons. The number of aromatic nitrogens is 1. The Balaban J connectivity index is 1.58. The second-order valence-corrected chi connectivity index (χ2v) is 8.18. The highest BCUT2D eigenvalue weighted by Crippen LogP contribution is 2.36. The third-order valence-corrected chi connectivity index (χ3v) is 5.75. The van der Waals surface area contributed by atoms with Gasteiger partial charge in [-0.2, -0.15) is 0 Å². The third kappa shape index (κ3) is 4.11. The summed E-state index contributed by atoms with van der Waals surface area (Å²) in [5, 5.41) is 6.27. The average Bonchev–Trinajstić information content (AvgIpc) is 3.13. The maximum atomic E-state index is 12.6. The van der Waals surface area contributed by atoms with Gasteiger partial charge in [-0.15, -0.1) is 11.3 Å². The van der Waals surface area contributed by atoms with Crippen LogP contribution in [0.5, 0.6) is 5.75 Å². The quantitative estimate of drug-likeness (QED) is 0.668. The Bertz CT molecular complexity index is 1110. The second kappa shape index (κ2) is 7.85. The minimum absolute atomic E-state index is 0.105. The van der Waals surface area contributed by atoms with Crippen LogP contribution >= 0.6 is 22.9 Å². The lowest BCUT2D eigenvalue weighted by molar-refractivity contribution is -0.123. The van der Waals surface area contributed by atoms with Crippen molar-refractivity contribution in [3.05, 3.63) is 57.4 Å². The standard InChI is InChI=1S/C21H18ClN3O3S/c1-12-3-5-15(8-16(12)22)24-20(26)9-25-18-7-14(17-11-29-13(2)23-17)4-6-19(18)28-10-21(25)27/h3-8,11H,9-10H2,1-2H3,(H,24,26). The number of aryl methyl sites for hydroxylation is 2. The van der Waals surface area contributed by atoms with Crippen molar-refractivity contribution in [3.63, 3.8) is 0 Å². The molecule has 0 saturated heterocycles. The van der Waals surface area contributed by atoms with E-state index in [2.05, 4.69) is 10.3 Å². The van der Waals surface area contributed by atoms with Crippen molar-refractivity contribution in [1.29, 1.82) is 0 Å². The summed E-state index contributed by atoms with van der Waals surface area (Å²) in [5.74, 6) is -0.0336. The molecule has 8 heteroatoms. The van der Waals surface area contributed by atoms with E-state index in [1.54, 1.807) is 29.5 Å². The maximum absolute atomic E-state index is 12.6. The molecule has 0 atom stereocenters. The maximum Gasteiger partial charge on any atom is 0.265 e. The number of hydrogen-bond donors (Lipinski definition) is 1. The number of amides is 2. The molecule has 2 heterocycles. The van der Waals surface area contributed by atoms with E-state index >= 15 is 0 Å². The lowest BCUT2D eigenvalue weighted by Crippen LogP contribution is -2.43. The number of fused-ring (bicyclic) bond motifs is 1. The molecule has 0 saturated carbocycles. The number of nitrogens with one attached hydrogen (secondary N) is 1. The molecule has 4 rings (SSSR count). The Morgan fingerprint density at radius 1 is 1.28 bits per heavy atom. The lowest BCUT2D eigenvalue weighted by Gasteiger charge is -2.29. The molecule has 2 aromatic carbocycles. The molecule has 6 nitrogen and oxygen atoms in total. The fourth-order valence-corrected chi connectivity index (χ4v) is 3.85. The van der Waals surface area contributed by atoms with Crippen molar-refractivity contribution < 1.29 is 14.3 Å². The molecular weight excluding hydrogens is 410 g/mol. The zero-order valence-corrected chi connectivity index (χ0v) is 17.4. The number of carbonyl (C=O) groups excluding carboxylic acids is 2. The molecule has 0 spiro atoms. The van der Waals surface area contributed by atoms with Crippen LogP contribution < -0.4 is 15.0 Å². The van der Waals surface area contributed by atoms with Crippen molar-refractivity contribution in [3.8, 4) is 17.0 Å². The Kier molecular flexibility index (Phi) is 5.25. The highest BCUT2D eigenvalue weighted by atomic mass is 35.5. The zero-order valence-electron chi connectivity index (χ0n) is 15.9. The molecule has 0 radical (unpaired) electrons. The Morgan fingerprint density at radius 3 is 2.83 bits per heavy atom. The summed E-state index contributed by atoms with van der Waals surface area (Å²) in [5.41, 5.74) is 3.75. The summed E-state index contributed by atoms with van der Waals surface area (Å²) in [7, 11) is 0. The van der Waals surface area contributed by atoms with Crippen LogP contribution in [0.2, 0.25) is 5.02 Å². The SMILES string of the molecule is Cc1nc(-c2ccc3c(c2)N(CC(=O)Nc2ccc(C)c(Cl)c2)C(=O)CO3)cs1. The van der Waals surface area contributed by atoms with Crippen LogP contribution in [-0.2, 0) is 9.59 Å². The van der Waals surface area contributed by atoms with Crippen molar-refractivity contribution in [2.45, 2.75) is 13.8 Å². The number of thiazole rings is 1. The normalized spacial score (nSPS) is 13.1. The molecule has 3 aromatic rings. The molecule has 2 amide bonds. The summed E-state index contributed by atoms with van der Waals surface area (Å²) < 4.78 is 5.53. The summed E-state index contributed by atoms with van der Waals surface area (Å²) in [4.78, 5) is 31.0. The van der Waals surface area contributed by atoms with Crippen LogP contribution in [0.3, 0.4) is 0 Å². The molecule has 0 fully saturated rings. The largest absolute Gasteiger partial charge is 0.482 e. The molecular formula is C21H18ClN3O3S. The van der Waals surface area contributed by atoms with Crippen LogP contribution in [0.25, 0.3) is 11.3 Å². The van der Waals surface area contributed by atoms with Gasteiger partial charge in [-0.1, -0.05) is 17.7 Å². The first kappa shape index (κ1) is 19.4. The van der Waals surface area contributed by atoms with Crippen LogP contribution in [0.4, 0.5) is 11.4 Å². The van der Waals surface area contributed by atoms with E-state index < -0.39 is 0 Å². The van der Waals surface area contributed by atoms with Crippen LogP contribution in [0, 0.1) is 13.8 Å². The van der Waals surface area contributed by atoms with E-state index in [1.807, 2.05) is 37.4 Å². The Hall–Kier alpha value is -2.90. The van der Waals surface area contributed by atoms with E-state index in [1.165, 1.54) is 4.90 Å². The number of benzene rings is 2. The number of nitrogens with zero attached hydrogens (tertiary/aromatic N) is 2. The van der Waals surface area contributed by atoms with Crippen LogP contribution in [0.15, 0.2) is 41.8 Å². The summed E-state index contributed by atoms with van der Waals surface area (Å²) in [6, 6.07) is 10.8. The monoisotopic (exact) mass is 427 g/mol. The third-order valence-electron chi connectivity index (χ3n) is 4.57. The molecule has 0 bridgehead atoms. The van der Waals surface area contributed by atoms with Gasteiger partial charge in [0.2, 0.25) is 5.91 Å². The molecule has 1 aliphatic heterocycles. The van der Waals surface area contributed by atoms with E-state index in [9.17, 15) is 9.59 Å². The van der Waals surface area contributed by atoms with Gasteiger partial charge in [0.15, 0.2) is 6.61 Å². The molecule has 0 unspecified atom stereocenters. The fourth-order valence-electron chi connectivity index (χ4n) is 3.05. The summed E-state index contributed by atoms with van der Waals surface area (Å²) >= 11 is 7.67.